The van der Waals surface area contributed by atoms with Crippen LogP contribution in [-0.2, 0) is 4.79 Å². The Kier molecular flexibility index (Phi) is 4.80. The highest BCUT2D eigenvalue weighted by Crippen LogP contribution is 2.31. The summed E-state index contributed by atoms with van der Waals surface area (Å²) in [4.78, 5) is 10.4. The fourth-order valence-electron chi connectivity index (χ4n) is 1.28. The van der Waals surface area contributed by atoms with Crippen LogP contribution in [0.1, 0.15) is 12.5 Å². The van der Waals surface area contributed by atoms with Gasteiger partial charge in [0.25, 0.3) is 0 Å². The maximum Gasteiger partial charge on any atom is 0.573 e. The Labute approximate surface area is 107 Å². The standard InChI is InChI=1S/C12H11F3O4/c1-2-18-9-5-3-8(4-6-11(16)17)10(7-9)19-12(13,14)15/h3-7H,2H2,1H3,(H,16,17)/b6-4+. The molecule has 0 spiro atoms. The highest BCUT2D eigenvalue weighted by Gasteiger charge is 2.32. The molecule has 0 heterocycles. The van der Waals surface area contributed by atoms with E-state index < -0.39 is 18.1 Å². The van der Waals surface area contributed by atoms with Crippen molar-refractivity contribution >= 4 is 12.0 Å². The number of halogens is 3. The van der Waals surface area contributed by atoms with E-state index in [2.05, 4.69) is 4.74 Å². The van der Waals surface area contributed by atoms with Gasteiger partial charge in [-0.3, -0.25) is 0 Å². The van der Waals surface area contributed by atoms with Gasteiger partial charge in [0.2, 0.25) is 0 Å². The van der Waals surface area contributed by atoms with Crippen LogP contribution >= 0.6 is 0 Å². The topological polar surface area (TPSA) is 55.8 Å². The van der Waals surface area contributed by atoms with Crippen LogP contribution in [0.4, 0.5) is 13.2 Å². The molecule has 0 bridgehead atoms. The summed E-state index contributed by atoms with van der Waals surface area (Å²) in [6, 6.07) is 3.76. The molecule has 0 amide bonds. The number of carbonyl (C=O) groups is 1. The lowest BCUT2D eigenvalue weighted by atomic mass is 10.1. The second-order valence-corrected chi connectivity index (χ2v) is 3.35. The van der Waals surface area contributed by atoms with Crippen LogP contribution in [0.5, 0.6) is 11.5 Å². The lowest BCUT2D eigenvalue weighted by molar-refractivity contribution is -0.274. The van der Waals surface area contributed by atoms with Crippen molar-refractivity contribution in [3.8, 4) is 11.5 Å². The Hall–Kier alpha value is -2.18. The lowest BCUT2D eigenvalue weighted by Gasteiger charge is -2.13. The molecule has 0 aliphatic heterocycles. The molecule has 1 rings (SSSR count). The normalized spacial score (nSPS) is 11.6. The summed E-state index contributed by atoms with van der Waals surface area (Å²) in [6.45, 7) is 1.97. The molecule has 104 valence electrons. The number of hydrogen-bond acceptors (Lipinski definition) is 3. The predicted molar refractivity (Wildman–Crippen MR) is 61.0 cm³/mol. The van der Waals surface area contributed by atoms with Crippen LogP contribution in [0.25, 0.3) is 6.08 Å². The van der Waals surface area contributed by atoms with E-state index in [1.54, 1.807) is 6.92 Å². The Morgan fingerprint density at radius 3 is 2.63 bits per heavy atom. The molecule has 0 aliphatic carbocycles. The van der Waals surface area contributed by atoms with Gasteiger partial charge < -0.3 is 14.6 Å². The molecule has 0 saturated heterocycles. The van der Waals surface area contributed by atoms with E-state index >= 15 is 0 Å². The van der Waals surface area contributed by atoms with Gasteiger partial charge in [-0.05, 0) is 25.1 Å². The van der Waals surface area contributed by atoms with Gasteiger partial charge in [0.15, 0.2) is 0 Å². The van der Waals surface area contributed by atoms with Crippen molar-refractivity contribution < 1.29 is 32.5 Å². The van der Waals surface area contributed by atoms with Crippen LogP contribution in [0, 0.1) is 0 Å². The number of rotatable bonds is 5. The number of ether oxygens (including phenoxy) is 2. The number of alkyl halides is 3. The molecule has 19 heavy (non-hydrogen) atoms. The van der Waals surface area contributed by atoms with Crippen molar-refractivity contribution in [3.63, 3.8) is 0 Å². The van der Waals surface area contributed by atoms with E-state index in [9.17, 15) is 18.0 Å². The highest BCUT2D eigenvalue weighted by molar-refractivity contribution is 5.86. The molecule has 0 saturated carbocycles. The third-order valence-electron chi connectivity index (χ3n) is 1.93. The monoisotopic (exact) mass is 276 g/mol. The smallest absolute Gasteiger partial charge is 0.494 e. The van der Waals surface area contributed by atoms with Gasteiger partial charge in [0.05, 0.1) is 6.61 Å². The van der Waals surface area contributed by atoms with Crippen LogP contribution < -0.4 is 9.47 Å². The Bertz CT molecular complexity index is 480. The second-order valence-electron chi connectivity index (χ2n) is 3.35. The second kappa shape index (κ2) is 6.12. The first-order valence-corrected chi connectivity index (χ1v) is 5.25. The van der Waals surface area contributed by atoms with Gasteiger partial charge in [0.1, 0.15) is 11.5 Å². The Morgan fingerprint density at radius 2 is 2.11 bits per heavy atom. The predicted octanol–water partition coefficient (Wildman–Crippen LogP) is 3.08. The molecule has 1 N–H and O–H groups in total. The summed E-state index contributed by atoms with van der Waals surface area (Å²) >= 11 is 0. The zero-order valence-corrected chi connectivity index (χ0v) is 9.90. The highest BCUT2D eigenvalue weighted by atomic mass is 19.4. The van der Waals surface area contributed by atoms with Crippen molar-refractivity contribution in [1.82, 2.24) is 0 Å². The number of hydrogen-bond donors (Lipinski definition) is 1. The van der Waals surface area contributed by atoms with Crippen LogP contribution in [0.3, 0.4) is 0 Å². The number of benzene rings is 1. The quantitative estimate of drug-likeness (QED) is 0.840. The molecular weight excluding hydrogens is 265 g/mol. The van der Waals surface area contributed by atoms with E-state index in [-0.39, 0.29) is 17.9 Å². The third kappa shape index (κ3) is 5.33. The molecule has 0 radical (unpaired) electrons. The number of carboxylic acids is 1. The first-order valence-electron chi connectivity index (χ1n) is 5.25. The number of aliphatic carboxylic acids is 1. The van der Waals surface area contributed by atoms with Crippen LogP contribution in [0.15, 0.2) is 24.3 Å². The molecule has 0 aromatic heterocycles. The van der Waals surface area contributed by atoms with E-state index in [4.69, 9.17) is 9.84 Å². The minimum absolute atomic E-state index is 0.0109. The zero-order chi connectivity index (χ0) is 14.5. The molecule has 0 atom stereocenters. The molecular formula is C12H11F3O4. The molecule has 1 aromatic carbocycles. The fourth-order valence-corrected chi connectivity index (χ4v) is 1.28. The summed E-state index contributed by atoms with van der Waals surface area (Å²) in [5, 5.41) is 8.46. The SMILES string of the molecule is CCOc1ccc(/C=C/C(=O)O)c(OC(F)(F)F)c1. The fraction of sp³-hybridized carbons (Fsp3) is 0.250. The van der Waals surface area contributed by atoms with Gasteiger partial charge in [0, 0.05) is 17.7 Å². The van der Waals surface area contributed by atoms with Crippen LogP contribution in [0.2, 0.25) is 0 Å². The van der Waals surface area contributed by atoms with Crippen molar-refractivity contribution in [2.75, 3.05) is 6.61 Å². The summed E-state index contributed by atoms with van der Waals surface area (Å²) in [5.41, 5.74) is -0.0109. The molecule has 4 nitrogen and oxygen atoms in total. The molecule has 1 aromatic rings. The zero-order valence-electron chi connectivity index (χ0n) is 9.90. The van der Waals surface area contributed by atoms with Crippen molar-refractivity contribution in [2.45, 2.75) is 13.3 Å². The summed E-state index contributed by atoms with van der Waals surface area (Å²) in [6.07, 6.45) is -3.13. The molecule has 7 heteroatoms. The Morgan fingerprint density at radius 1 is 1.42 bits per heavy atom. The largest absolute Gasteiger partial charge is 0.573 e. The molecule has 0 unspecified atom stereocenters. The van der Waals surface area contributed by atoms with Crippen molar-refractivity contribution in [2.24, 2.45) is 0 Å². The van der Waals surface area contributed by atoms with Gasteiger partial charge >= 0.3 is 12.3 Å². The van der Waals surface area contributed by atoms with Gasteiger partial charge in [-0.25, -0.2) is 4.79 Å². The summed E-state index contributed by atoms with van der Waals surface area (Å²) in [7, 11) is 0. The maximum atomic E-state index is 12.2. The first-order chi connectivity index (χ1) is 8.81. The van der Waals surface area contributed by atoms with Gasteiger partial charge in [-0.2, -0.15) is 0 Å². The average molecular weight is 276 g/mol. The first kappa shape index (κ1) is 14.9. The number of carboxylic acid groups (broad SMARTS) is 1. The maximum absolute atomic E-state index is 12.2. The van der Waals surface area contributed by atoms with E-state index in [1.165, 1.54) is 12.1 Å². The summed E-state index contributed by atoms with van der Waals surface area (Å²) < 4.78 is 45.6. The van der Waals surface area contributed by atoms with Crippen molar-refractivity contribution in [3.05, 3.63) is 29.8 Å². The van der Waals surface area contributed by atoms with Crippen molar-refractivity contribution in [1.29, 1.82) is 0 Å². The molecule has 0 fully saturated rings. The van der Waals surface area contributed by atoms with E-state index in [0.29, 0.717) is 0 Å². The van der Waals surface area contributed by atoms with Crippen LogP contribution in [-0.4, -0.2) is 24.0 Å². The minimum atomic E-state index is -4.86. The summed E-state index contributed by atoms with van der Waals surface area (Å²) in [5.74, 6) is -1.59. The lowest BCUT2D eigenvalue weighted by Crippen LogP contribution is -2.17. The average Bonchev–Trinajstić information content (AvgIpc) is 2.26. The third-order valence-corrected chi connectivity index (χ3v) is 1.93. The van der Waals surface area contributed by atoms with Gasteiger partial charge in [-0.1, -0.05) is 0 Å². The van der Waals surface area contributed by atoms with Gasteiger partial charge in [-0.15, -0.1) is 13.2 Å². The van der Waals surface area contributed by atoms with E-state index in [1.807, 2.05) is 0 Å². The van der Waals surface area contributed by atoms with E-state index in [0.717, 1.165) is 18.2 Å². The Balaban J connectivity index is 3.10. The molecule has 0 aliphatic rings. The minimum Gasteiger partial charge on any atom is -0.494 e.